The average Bonchev–Trinajstić information content (AvgIpc) is 2.95. The van der Waals surface area contributed by atoms with Gasteiger partial charge in [0, 0.05) is 18.6 Å². The number of carbonyl (C=O) groups is 1. The topological polar surface area (TPSA) is 44.4 Å². The lowest BCUT2D eigenvalue weighted by Crippen LogP contribution is -2.47. The van der Waals surface area contributed by atoms with Crippen LogP contribution in [0.5, 0.6) is 0 Å². The Bertz CT molecular complexity index is 274. The van der Waals surface area contributed by atoms with E-state index in [1.165, 1.54) is 25.7 Å². The van der Waals surface area contributed by atoms with Gasteiger partial charge in [-0.25, -0.2) is 0 Å². The molecule has 2 aliphatic heterocycles. The zero-order chi connectivity index (χ0) is 12.1. The van der Waals surface area contributed by atoms with Gasteiger partial charge in [0.25, 0.3) is 0 Å². The van der Waals surface area contributed by atoms with E-state index in [-0.39, 0.29) is 5.91 Å². The lowest BCUT2D eigenvalue weighted by Gasteiger charge is -2.28. The van der Waals surface area contributed by atoms with E-state index in [2.05, 4.69) is 22.1 Å². The van der Waals surface area contributed by atoms with Crippen LogP contribution >= 0.6 is 0 Å². The summed E-state index contributed by atoms with van der Waals surface area (Å²) in [6.45, 7) is 6.91. The van der Waals surface area contributed by atoms with Gasteiger partial charge in [-0.15, -0.1) is 6.58 Å². The smallest absolute Gasteiger partial charge is 0.234 e. The molecule has 2 fully saturated rings. The maximum absolute atomic E-state index is 11.7. The number of likely N-dealkylation sites (tertiary alicyclic amines) is 1. The van der Waals surface area contributed by atoms with E-state index < -0.39 is 0 Å². The molecule has 4 nitrogen and oxygen atoms in total. The van der Waals surface area contributed by atoms with Gasteiger partial charge in [-0.1, -0.05) is 6.08 Å². The van der Waals surface area contributed by atoms with E-state index in [4.69, 9.17) is 0 Å². The van der Waals surface area contributed by atoms with Crippen molar-refractivity contribution in [2.75, 3.05) is 26.2 Å². The summed E-state index contributed by atoms with van der Waals surface area (Å²) in [5, 5.41) is 6.41. The van der Waals surface area contributed by atoms with E-state index in [1.807, 2.05) is 0 Å². The first kappa shape index (κ1) is 12.6. The van der Waals surface area contributed by atoms with Gasteiger partial charge in [-0.2, -0.15) is 0 Å². The number of hydrogen-bond acceptors (Lipinski definition) is 3. The molecule has 96 valence electrons. The molecule has 0 aromatic rings. The van der Waals surface area contributed by atoms with Crippen LogP contribution in [-0.2, 0) is 4.79 Å². The van der Waals surface area contributed by atoms with Crippen LogP contribution < -0.4 is 10.6 Å². The Kier molecular flexibility index (Phi) is 4.57. The second-order valence-corrected chi connectivity index (χ2v) is 4.98. The maximum atomic E-state index is 11.7. The zero-order valence-electron chi connectivity index (χ0n) is 10.5. The molecule has 1 amide bonds. The van der Waals surface area contributed by atoms with Crippen molar-refractivity contribution >= 4 is 5.91 Å². The van der Waals surface area contributed by atoms with Crippen molar-refractivity contribution in [3.63, 3.8) is 0 Å². The largest absolute Gasteiger partial charge is 0.352 e. The number of nitrogens with one attached hydrogen (secondary N) is 2. The highest BCUT2D eigenvalue weighted by atomic mass is 16.2. The predicted octanol–water partition coefficient (Wildman–Crippen LogP) is 0.505. The van der Waals surface area contributed by atoms with Gasteiger partial charge in [0.05, 0.1) is 6.54 Å². The quantitative estimate of drug-likeness (QED) is 0.685. The Labute approximate surface area is 103 Å². The van der Waals surface area contributed by atoms with Crippen molar-refractivity contribution in [3.8, 4) is 0 Å². The summed E-state index contributed by atoms with van der Waals surface area (Å²) in [5.74, 6) is 0.120. The summed E-state index contributed by atoms with van der Waals surface area (Å²) in [5.41, 5.74) is 0. The van der Waals surface area contributed by atoms with E-state index >= 15 is 0 Å². The van der Waals surface area contributed by atoms with Gasteiger partial charge in [0.1, 0.15) is 0 Å². The summed E-state index contributed by atoms with van der Waals surface area (Å²) < 4.78 is 0. The fourth-order valence-corrected chi connectivity index (χ4v) is 2.97. The molecule has 17 heavy (non-hydrogen) atoms. The normalized spacial score (nSPS) is 29.4. The molecular weight excluding hydrogens is 214 g/mol. The molecule has 2 atom stereocenters. The Hall–Kier alpha value is -0.870. The number of amides is 1. The molecule has 2 unspecified atom stereocenters. The van der Waals surface area contributed by atoms with Crippen LogP contribution in [0.2, 0.25) is 0 Å². The first-order valence-electron chi connectivity index (χ1n) is 6.66. The van der Waals surface area contributed by atoms with Crippen LogP contribution in [0.4, 0.5) is 0 Å². The SMILES string of the molecule is C=CCNC(=O)CN1CCCC1C1CCCN1. The molecular formula is C13H23N3O. The van der Waals surface area contributed by atoms with Crippen LogP contribution in [-0.4, -0.2) is 49.1 Å². The third-order valence-electron chi connectivity index (χ3n) is 3.77. The first-order chi connectivity index (χ1) is 8.31. The summed E-state index contributed by atoms with van der Waals surface area (Å²) in [4.78, 5) is 14.0. The minimum atomic E-state index is 0.120. The van der Waals surface area contributed by atoms with Crippen LogP contribution in [0.25, 0.3) is 0 Å². The predicted molar refractivity (Wildman–Crippen MR) is 68.8 cm³/mol. The monoisotopic (exact) mass is 237 g/mol. The van der Waals surface area contributed by atoms with Crippen LogP contribution in [0.3, 0.4) is 0 Å². The minimum absolute atomic E-state index is 0.120. The summed E-state index contributed by atoms with van der Waals surface area (Å²) in [6.07, 6.45) is 6.70. The molecule has 0 saturated carbocycles. The minimum Gasteiger partial charge on any atom is -0.352 e. The lowest BCUT2D eigenvalue weighted by atomic mass is 10.0. The fourth-order valence-electron chi connectivity index (χ4n) is 2.97. The van der Waals surface area contributed by atoms with Gasteiger partial charge in [-0.3, -0.25) is 9.69 Å². The lowest BCUT2D eigenvalue weighted by molar-refractivity contribution is -0.122. The molecule has 0 bridgehead atoms. The zero-order valence-corrected chi connectivity index (χ0v) is 10.5. The van der Waals surface area contributed by atoms with E-state index in [0.29, 0.717) is 25.2 Å². The Balaban J connectivity index is 1.81. The molecule has 0 aromatic carbocycles. The second-order valence-electron chi connectivity index (χ2n) is 4.98. The summed E-state index contributed by atoms with van der Waals surface area (Å²) in [7, 11) is 0. The van der Waals surface area contributed by atoms with Gasteiger partial charge in [0.15, 0.2) is 0 Å². The molecule has 2 N–H and O–H groups in total. The molecule has 2 heterocycles. The third-order valence-corrected chi connectivity index (χ3v) is 3.77. The Morgan fingerprint density at radius 2 is 2.35 bits per heavy atom. The molecule has 4 heteroatoms. The highest BCUT2D eigenvalue weighted by Gasteiger charge is 2.33. The first-order valence-corrected chi connectivity index (χ1v) is 6.66. The van der Waals surface area contributed by atoms with Gasteiger partial charge >= 0.3 is 0 Å². The van der Waals surface area contributed by atoms with Crippen molar-refractivity contribution in [2.24, 2.45) is 0 Å². The van der Waals surface area contributed by atoms with Crippen molar-refractivity contribution < 1.29 is 4.79 Å². The number of nitrogens with zero attached hydrogens (tertiary/aromatic N) is 1. The molecule has 2 rings (SSSR count). The van der Waals surface area contributed by atoms with Crippen LogP contribution in [0.1, 0.15) is 25.7 Å². The molecule has 0 aliphatic carbocycles. The van der Waals surface area contributed by atoms with Gasteiger partial charge in [0.2, 0.25) is 5.91 Å². The third kappa shape index (κ3) is 3.30. The summed E-state index contributed by atoms with van der Waals surface area (Å²) in [6, 6.07) is 1.16. The van der Waals surface area contributed by atoms with E-state index in [9.17, 15) is 4.79 Å². The molecule has 2 aliphatic rings. The number of rotatable bonds is 5. The van der Waals surface area contributed by atoms with Crippen molar-refractivity contribution in [1.82, 2.24) is 15.5 Å². The second kappa shape index (κ2) is 6.17. The van der Waals surface area contributed by atoms with E-state index in [1.54, 1.807) is 6.08 Å². The highest BCUT2D eigenvalue weighted by Crippen LogP contribution is 2.24. The molecule has 2 saturated heterocycles. The standard InChI is InChI=1S/C13H23N3O/c1-2-7-15-13(17)10-16-9-4-6-12(16)11-5-3-8-14-11/h2,11-12,14H,1,3-10H2,(H,15,17). The van der Waals surface area contributed by atoms with Crippen LogP contribution in [0.15, 0.2) is 12.7 Å². The fraction of sp³-hybridized carbons (Fsp3) is 0.769. The highest BCUT2D eigenvalue weighted by molar-refractivity contribution is 5.78. The van der Waals surface area contributed by atoms with Crippen molar-refractivity contribution in [2.45, 2.75) is 37.8 Å². The Morgan fingerprint density at radius 3 is 3.06 bits per heavy atom. The van der Waals surface area contributed by atoms with Gasteiger partial charge < -0.3 is 10.6 Å². The van der Waals surface area contributed by atoms with Crippen LogP contribution in [0, 0.1) is 0 Å². The van der Waals surface area contributed by atoms with Crippen molar-refractivity contribution in [3.05, 3.63) is 12.7 Å². The average molecular weight is 237 g/mol. The number of carbonyl (C=O) groups excluding carboxylic acids is 1. The summed E-state index contributed by atoms with van der Waals surface area (Å²) >= 11 is 0. The molecule has 0 aromatic heterocycles. The van der Waals surface area contributed by atoms with Gasteiger partial charge in [-0.05, 0) is 38.8 Å². The maximum Gasteiger partial charge on any atom is 0.234 e. The Morgan fingerprint density at radius 1 is 1.47 bits per heavy atom. The number of hydrogen-bond donors (Lipinski definition) is 2. The van der Waals surface area contributed by atoms with Crippen molar-refractivity contribution in [1.29, 1.82) is 0 Å². The van der Waals surface area contributed by atoms with E-state index in [0.717, 1.165) is 13.1 Å². The molecule has 0 radical (unpaired) electrons. The molecule has 0 spiro atoms.